The van der Waals surface area contributed by atoms with Crippen LogP contribution in [0.1, 0.15) is 27.4 Å². The van der Waals surface area contributed by atoms with Crippen LogP contribution >= 0.6 is 22.9 Å². The Kier molecular flexibility index (Phi) is 5.04. The predicted molar refractivity (Wildman–Crippen MR) is 113 cm³/mol. The molecule has 0 saturated carbocycles. The maximum atomic E-state index is 13.7. The molecule has 0 amide bonds. The molecule has 0 aliphatic heterocycles. The number of aromatic nitrogens is 2. The largest absolute Gasteiger partial charge is 0.291 e. The summed E-state index contributed by atoms with van der Waals surface area (Å²) in [6, 6.07) is 13.8. The number of halogens is 2. The number of hydrogen-bond donors (Lipinski definition) is 0. The zero-order chi connectivity index (χ0) is 19.8. The molecule has 0 fully saturated rings. The number of hydrogen-bond acceptors (Lipinski definition) is 3. The van der Waals surface area contributed by atoms with Crippen LogP contribution in [0.25, 0.3) is 10.2 Å². The normalized spacial score (nSPS) is 11.3. The van der Waals surface area contributed by atoms with Gasteiger partial charge in [0.05, 0.1) is 11.9 Å². The second-order valence-corrected chi connectivity index (χ2v) is 8.46. The van der Waals surface area contributed by atoms with Gasteiger partial charge >= 0.3 is 0 Å². The molecule has 0 aliphatic carbocycles. The molecule has 0 aliphatic rings. The van der Waals surface area contributed by atoms with Crippen LogP contribution in [0.15, 0.2) is 53.3 Å². The maximum absolute atomic E-state index is 13.7. The lowest BCUT2D eigenvalue weighted by Crippen LogP contribution is -2.26. The summed E-state index contributed by atoms with van der Waals surface area (Å²) in [5.74, 6) is 0.323. The molecule has 0 bridgehead atoms. The number of nitrogens with zero attached hydrogens (tertiary/aromatic N) is 2. The molecule has 2 aromatic carbocycles. The van der Waals surface area contributed by atoms with Gasteiger partial charge in [-0.3, -0.25) is 9.36 Å². The van der Waals surface area contributed by atoms with Crippen LogP contribution in [0.4, 0.5) is 4.39 Å². The highest BCUT2D eigenvalue weighted by Crippen LogP contribution is 2.27. The van der Waals surface area contributed by atoms with Crippen molar-refractivity contribution in [3.05, 3.63) is 97.1 Å². The standard InChI is InChI=1S/C22H18ClFN2OS/c1-13-14(2)28-21-20(13)22(27)26(12-16-6-4-8-18(24)10-16)19(25-21)11-15-5-3-7-17(23)9-15/h3-10H,11-12H2,1-2H3. The van der Waals surface area contributed by atoms with E-state index < -0.39 is 0 Å². The first kappa shape index (κ1) is 18.8. The van der Waals surface area contributed by atoms with Crippen molar-refractivity contribution in [3.8, 4) is 0 Å². The highest BCUT2D eigenvalue weighted by molar-refractivity contribution is 7.18. The molecule has 0 spiro atoms. The molecule has 0 unspecified atom stereocenters. The van der Waals surface area contributed by atoms with E-state index in [1.807, 2.05) is 44.2 Å². The van der Waals surface area contributed by atoms with Gasteiger partial charge in [-0.1, -0.05) is 35.9 Å². The van der Waals surface area contributed by atoms with E-state index in [9.17, 15) is 9.18 Å². The van der Waals surface area contributed by atoms with E-state index in [1.165, 1.54) is 23.5 Å². The maximum Gasteiger partial charge on any atom is 0.262 e. The zero-order valence-corrected chi connectivity index (χ0v) is 17.1. The van der Waals surface area contributed by atoms with Crippen molar-refractivity contribution in [2.24, 2.45) is 0 Å². The van der Waals surface area contributed by atoms with Crippen LogP contribution in [0.3, 0.4) is 0 Å². The van der Waals surface area contributed by atoms with Gasteiger partial charge in [0.1, 0.15) is 16.5 Å². The van der Waals surface area contributed by atoms with Gasteiger partial charge in [0.25, 0.3) is 5.56 Å². The van der Waals surface area contributed by atoms with Gasteiger partial charge in [0.2, 0.25) is 0 Å². The Morgan fingerprint density at radius 2 is 1.86 bits per heavy atom. The third-order valence-electron chi connectivity index (χ3n) is 4.85. The van der Waals surface area contributed by atoms with Crippen LogP contribution < -0.4 is 5.56 Å². The average Bonchev–Trinajstić information content (AvgIpc) is 2.92. The van der Waals surface area contributed by atoms with Crippen molar-refractivity contribution < 1.29 is 4.39 Å². The Morgan fingerprint density at radius 1 is 1.11 bits per heavy atom. The van der Waals surface area contributed by atoms with Crippen molar-refractivity contribution in [1.29, 1.82) is 0 Å². The average molecular weight is 413 g/mol. The molecular weight excluding hydrogens is 395 g/mol. The van der Waals surface area contributed by atoms with E-state index >= 15 is 0 Å². The molecule has 4 aromatic rings. The topological polar surface area (TPSA) is 34.9 Å². The molecule has 28 heavy (non-hydrogen) atoms. The molecular formula is C22H18ClFN2OS. The highest BCUT2D eigenvalue weighted by atomic mass is 35.5. The Balaban J connectivity index is 1.89. The molecule has 6 heteroatoms. The summed E-state index contributed by atoms with van der Waals surface area (Å²) in [6.45, 7) is 4.21. The van der Waals surface area contributed by atoms with E-state index in [1.54, 1.807) is 10.6 Å². The molecule has 2 aromatic heterocycles. The van der Waals surface area contributed by atoms with Gasteiger partial charge in [-0.05, 0) is 54.8 Å². The number of benzene rings is 2. The molecule has 2 heterocycles. The molecule has 142 valence electrons. The number of aryl methyl sites for hydroxylation is 2. The third kappa shape index (κ3) is 3.60. The monoisotopic (exact) mass is 412 g/mol. The summed E-state index contributed by atoms with van der Waals surface area (Å²) in [5, 5.41) is 1.29. The fourth-order valence-corrected chi connectivity index (χ4v) is 4.57. The van der Waals surface area contributed by atoms with Crippen LogP contribution in [-0.2, 0) is 13.0 Å². The van der Waals surface area contributed by atoms with E-state index in [4.69, 9.17) is 16.6 Å². The molecule has 3 nitrogen and oxygen atoms in total. The van der Waals surface area contributed by atoms with E-state index in [0.717, 1.165) is 26.4 Å². The quantitative estimate of drug-likeness (QED) is 0.443. The van der Waals surface area contributed by atoms with Crippen LogP contribution in [-0.4, -0.2) is 9.55 Å². The first-order chi connectivity index (χ1) is 13.4. The second-order valence-electron chi connectivity index (χ2n) is 6.82. The van der Waals surface area contributed by atoms with Crippen LogP contribution in [0.5, 0.6) is 0 Å². The predicted octanol–water partition coefficient (Wildman–Crippen LogP) is 5.51. The van der Waals surface area contributed by atoms with Crippen molar-refractivity contribution in [2.45, 2.75) is 26.8 Å². The van der Waals surface area contributed by atoms with Crippen molar-refractivity contribution in [2.75, 3.05) is 0 Å². The van der Waals surface area contributed by atoms with Crippen molar-refractivity contribution in [1.82, 2.24) is 9.55 Å². The van der Waals surface area contributed by atoms with E-state index in [0.29, 0.717) is 22.7 Å². The molecule has 4 rings (SSSR count). The van der Waals surface area contributed by atoms with Gasteiger partial charge in [-0.2, -0.15) is 0 Å². The van der Waals surface area contributed by atoms with Crippen LogP contribution in [0.2, 0.25) is 5.02 Å². The number of thiophene rings is 1. The summed E-state index contributed by atoms with van der Waals surface area (Å²) in [6.07, 6.45) is 0.469. The minimum atomic E-state index is -0.321. The first-order valence-corrected chi connectivity index (χ1v) is 10.1. The molecule has 0 radical (unpaired) electrons. The lowest BCUT2D eigenvalue weighted by atomic mass is 10.1. The van der Waals surface area contributed by atoms with Gasteiger partial charge in [-0.25, -0.2) is 9.37 Å². The molecule has 0 atom stereocenters. The summed E-state index contributed by atoms with van der Waals surface area (Å²) in [5.41, 5.74) is 2.56. The highest BCUT2D eigenvalue weighted by Gasteiger charge is 2.17. The summed E-state index contributed by atoms with van der Waals surface area (Å²) in [4.78, 5) is 20.0. The fourth-order valence-electron chi connectivity index (χ4n) is 3.31. The lowest BCUT2D eigenvalue weighted by molar-refractivity contribution is 0.620. The van der Waals surface area contributed by atoms with Gasteiger partial charge in [-0.15, -0.1) is 11.3 Å². The minimum absolute atomic E-state index is 0.0897. The second kappa shape index (κ2) is 7.49. The summed E-state index contributed by atoms with van der Waals surface area (Å²) in [7, 11) is 0. The van der Waals surface area contributed by atoms with Gasteiger partial charge in [0.15, 0.2) is 0 Å². The smallest absolute Gasteiger partial charge is 0.262 e. The fraction of sp³-hybridized carbons (Fsp3) is 0.182. The Morgan fingerprint density at radius 3 is 2.61 bits per heavy atom. The Labute approximate surface area is 171 Å². The molecule has 0 N–H and O–H groups in total. The summed E-state index contributed by atoms with van der Waals surface area (Å²) >= 11 is 7.65. The molecule has 0 saturated heterocycles. The van der Waals surface area contributed by atoms with Crippen molar-refractivity contribution in [3.63, 3.8) is 0 Å². The Bertz CT molecular complexity index is 1250. The number of fused-ring (bicyclic) bond motifs is 1. The number of rotatable bonds is 4. The third-order valence-corrected chi connectivity index (χ3v) is 6.19. The summed E-state index contributed by atoms with van der Waals surface area (Å²) < 4.78 is 15.3. The SMILES string of the molecule is Cc1sc2nc(Cc3cccc(Cl)c3)n(Cc3cccc(F)c3)c(=O)c2c1C. The zero-order valence-electron chi connectivity index (χ0n) is 15.5. The Hall–Kier alpha value is -2.50. The van der Waals surface area contributed by atoms with Gasteiger partial charge in [0, 0.05) is 16.3 Å². The van der Waals surface area contributed by atoms with Gasteiger partial charge < -0.3 is 0 Å². The van der Waals surface area contributed by atoms with E-state index in [2.05, 4.69) is 0 Å². The first-order valence-electron chi connectivity index (χ1n) is 8.90. The van der Waals surface area contributed by atoms with Crippen LogP contribution in [0, 0.1) is 19.7 Å². The van der Waals surface area contributed by atoms with E-state index in [-0.39, 0.29) is 17.9 Å². The lowest BCUT2D eigenvalue weighted by Gasteiger charge is -2.13. The minimum Gasteiger partial charge on any atom is -0.291 e. The van der Waals surface area contributed by atoms with Crippen molar-refractivity contribution >= 4 is 33.2 Å².